The zero-order valence-electron chi connectivity index (χ0n) is 19.0. The molecule has 0 bridgehead atoms. The van der Waals surface area contributed by atoms with Crippen molar-refractivity contribution < 1.29 is 22.7 Å². The van der Waals surface area contributed by atoms with Crippen molar-refractivity contribution in [2.45, 2.75) is 52.0 Å². The molecule has 8 heteroatoms. The highest BCUT2D eigenvalue weighted by Gasteiger charge is 2.29. The Bertz CT molecular complexity index is 1040. The fraction of sp³-hybridized carbons (Fsp3) is 0.417. The Morgan fingerprint density at radius 1 is 0.969 bits per heavy atom. The number of carbonyl (C=O) groups excluding carboxylic acids is 1. The molecule has 0 aliphatic rings. The standard InChI is InChI=1S/C24H30N2O5S/c1-16(2)23(26-24(27)30-17(3)4)15-32(28,29)18(5)20-8-12-22(13-9-20)31-21-10-6-19(14-25)7-11-21/h6-13,16-18,23H,15H2,1-5H3,(H,26,27)/t18?,23-/m1/s1. The third-order valence-corrected chi connectivity index (χ3v) is 7.14. The third-order valence-electron chi connectivity index (χ3n) is 4.97. The van der Waals surface area contributed by atoms with Crippen LogP contribution < -0.4 is 10.1 Å². The van der Waals surface area contributed by atoms with Crippen molar-refractivity contribution in [2.24, 2.45) is 5.92 Å². The predicted molar refractivity (Wildman–Crippen MR) is 123 cm³/mol. The summed E-state index contributed by atoms with van der Waals surface area (Å²) < 4.78 is 36.9. The first-order valence-corrected chi connectivity index (χ1v) is 12.2. The lowest BCUT2D eigenvalue weighted by molar-refractivity contribution is 0.111. The lowest BCUT2D eigenvalue weighted by atomic mass is 10.1. The van der Waals surface area contributed by atoms with Crippen LogP contribution in [0.25, 0.3) is 0 Å². The Morgan fingerprint density at radius 3 is 1.97 bits per heavy atom. The molecule has 2 atom stereocenters. The van der Waals surface area contributed by atoms with Crippen molar-refractivity contribution in [3.8, 4) is 17.6 Å². The van der Waals surface area contributed by atoms with E-state index in [0.29, 0.717) is 22.6 Å². The number of hydrogen-bond donors (Lipinski definition) is 1. The Labute approximate surface area is 190 Å². The van der Waals surface area contributed by atoms with Crippen molar-refractivity contribution in [3.05, 3.63) is 59.7 Å². The summed E-state index contributed by atoms with van der Waals surface area (Å²) in [6, 6.07) is 15.0. The molecule has 0 aliphatic carbocycles. The number of nitrogens with zero attached hydrogens (tertiary/aromatic N) is 1. The van der Waals surface area contributed by atoms with Gasteiger partial charge in [-0.1, -0.05) is 26.0 Å². The van der Waals surface area contributed by atoms with Gasteiger partial charge in [0, 0.05) is 6.04 Å². The van der Waals surface area contributed by atoms with Gasteiger partial charge in [-0.2, -0.15) is 5.26 Å². The Morgan fingerprint density at radius 2 is 1.50 bits per heavy atom. The quantitative estimate of drug-likeness (QED) is 0.568. The van der Waals surface area contributed by atoms with Gasteiger partial charge in [-0.05, 0) is 68.7 Å². The lowest BCUT2D eigenvalue weighted by Gasteiger charge is -2.24. The monoisotopic (exact) mass is 458 g/mol. The second-order valence-corrected chi connectivity index (χ2v) is 10.6. The highest BCUT2D eigenvalue weighted by Crippen LogP contribution is 2.28. The van der Waals surface area contributed by atoms with Gasteiger partial charge in [0.2, 0.25) is 0 Å². The van der Waals surface area contributed by atoms with Crippen molar-refractivity contribution in [1.29, 1.82) is 5.26 Å². The summed E-state index contributed by atoms with van der Waals surface area (Å²) in [4.78, 5) is 12.0. The number of hydrogen-bond acceptors (Lipinski definition) is 6. The lowest BCUT2D eigenvalue weighted by Crippen LogP contribution is -2.44. The third kappa shape index (κ3) is 7.27. The number of amides is 1. The minimum atomic E-state index is -3.55. The molecule has 0 fully saturated rings. The number of benzene rings is 2. The van der Waals surface area contributed by atoms with E-state index < -0.39 is 27.2 Å². The largest absolute Gasteiger partial charge is 0.457 e. The Hall–Kier alpha value is -3.05. The van der Waals surface area contributed by atoms with E-state index in [1.54, 1.807) is 69.3 Å². The molecule has 0 aromatic heterocycles. The Balaban J connectivity index is 2.08. The van der Waals surface area contributed by atoms with E-state index in [2.05, 4.69) is 5.32 Å². The molecule has 1 amide bonds. The number of sulfone groups is 1. The number of ether oxygens (including phenoxy) is 2. The van der Waals surface area contributed by atoms with Gasteiger partial charge in [0.25, 0.3) is 0 Å². The number of nitrogens with one attached hydrogen (secondary N) is 1. The first-order chi connectivity index (χ1) is 15.0. The molecule has 1 N–H and O–H groups in total. The van der Waals surface area contributed by atoms with Crippen molar-refractivity contribution >= 4 is 15.9 Å². The smallest absolute Gasteiger partial charge is 0.407 e. The molecule has 0 radical (unpaired) electrons. The summed E-state index contributed by atoms with van der Waals surface area (Å²) in [5.41, 5.74) is 1.17. The first kappa shape index (κ1) is 25.2. The number of nitriles is 1. The summed E-state index contributed by atoms with van der Waals surface area (Å²) >= 11 is 0. The van der Waals surface area contributed by atoms with Crippen LogP contribution in [0, 0.1) is 17.2 Å². The maximum atomic E-state index is 13.0. The van der Waals surface area contributed by atoms with Crippen LogP contribution in [0.5, 0.6) is 11.5 Å². The number of carbonyl (C=O) groups is 1. The molecule has 172 valence electrons. The summed E-state index contributed by atoms with van der Waals surface area (Å²) in [5.74, 6) is 0.861. The normalized spacial score (nSPS) is 13.3. The van der Waals surface area contributed by atoms with Crippen molar-refractivity contribution in [1.82, 2.24) is 5.32 Å². The molecule has 0 aliphatic heterocycles. The fourth-order valence-electron chi connectivity index (χ4n) is 2.94. The van der Waals surface area contributed by atoms with Crippen LogP contribution in [-0.4, -0.2) is 32.4 Å². The van der Waals surface area contributed by atoms with Crippen LogP contribution in [0.4, 0.5) is 4.79 Å². The van der Waals surface area contributed by atoms with E-state index >= 15 is 0 Å². The van der Waals surface area contributed by atoms with Crippen molar-refractivity contribution in [2.75, 3.05) is 5.75 Å². The molecule has 2 rings (SSSR count). The van der Waals surface area contributed by atoms with Gasteiger partial charge in [-0.15, -0.1) is 0 Å². The summed E-state index contributed by atoms with van der Waals surface area (Å²) in [6.45, 7) is 8.82. The van der Waals surface area contributed by atoms with E-state index in [4.69, 9.17) is 14.7 Å². The molecule has 2 aromatic rings. The topological polar surface area (TPSA) is 105 Å². The maximum Gasteiger partial charge on any atom is 0.407 e. The SMILES string of the molecule is CC(C)OC(=O)N[C@H](CS(=O)(=O)C(C)c1ccc(Oc2ccc(C#N)cc2)cc1)C(C)C. The summed E-state index contributed by atoms with van der Waals surface area (Å²) in [7, 11) is -3.55. The van der Waals surface area contributed by atoms with E-state index in [1.165, 1.54) is 0 Å². The molecule has 0 heterocycles. The van der Waals surface area contributed by atoms with E-state index in [-0.39, 0.29) is 17.8 Å². The minimum Gasteiger partial charge on any atom is -0.457 e. The van der Waals surface area contributed by atoms with E-state index in [9.17, 15) is 13.2 Å². The van der Waals surface area contributed by atoms with Crippen LogP contribution in [-0.2, 0) is 14.6 Å². The van der Waals surface area contributed by atoms with Gasteiger partial charge in [0.05, 0.1) is 28.7 Å². The molecular formula is C24H30N2O5S. The van der Waals surface area contributed by atoms with Crippen LogP contribution in [0.2, 0.25) is 0 Å². The highest BCUT2D eigenvalue weighted by atomic mass is 32.2. The molecular weight excluding hydrogens is 428 g/mol. The fourth-order valence-corrected chi connectivity index (χ4v) is 4.77. The zero-order valence-corrected chi connectivity index (χ0v) is 19.8. The van der Waals surface area contributed by atoms with Gasteiger partial charge in [-0.25, -0.2) is 13.2 Å². The number of alkyl carbamates (subject to hydrolysis) is 1. The van der Waals surface area contributed by atoms with E-state index in [1.807, 2.05) is 19.9 Å². The van der Waals surface area contributed by atoms with Gasteiger partial charge in [0.15, 0.2) is 9.84 Å². The first-order valence-electron chi connectivity index (χ1n) is 10.5. The predicted octanol–water partition coefficient (Wildman–Crippen LogP) is 4.99. The van der Waals surface area contributed by atoms with Gasteiger partial charge in [-0.3, -0.25) is 0 Å². The summed E-state index contributed by atoms with van der Waals surface area (Å²) in [5, 5.41) is 10.8. The molecule has 0 saturated heterocycles. The molecule has 0 saturated carbocycles. The Kier molecular flexibility index (Phi) is 8.67. The van der Waals surface area contributed by atoms with Gasteiger partial charge >= 0.3 is 6.09 Å². The zero-order chi connectivity index (χ0) is 23.9. The van der Waals surface area contributed by atoms with Crippen LogP contribution in [0.15, 0.2) is 48.5 Å². The summed E-state index contributed by atoms with van der Waals surface area (Å²) in [6.07, 6.45) is -0.908. The van der Waals surface area contributed by atoms with Gasteiger partial charge in [0.1, 0.15) is 11.5 Å². The van der Waals surface area contributed by atoms with Crippen molar-refractivity contribution in [3.63, 3.8) is 0 Å². The maximum absolute atomic E-state index is 13.0. The van der Waals surface area contributed by atoms with Crippen LogP contribution >= 0.6 is 0 Å². The van der Waals surface area contributed by atoms with Crippen LogP contribution in [0.1, 0.15) is 51.0 Å². The van der Waals surface area contributed by atoms with Gasteiger partial charge < -0.3 is 14.8 Å². The molecule has 0 spiro atoms. The molecule has 1 unspecified atom stereocenters. The number of rotatable bonds is 9. The van der Waals surface area contributed by atoms with E-state index in [0.717, 1.165) is 0 Å². The molecule has 32 heavy (non-hydrogen) atoms. The average molecular weight is 459 g/mol. The highest BCUT2D eigenvalue weighted by molar-refractivity contribution is 7.91. The second kappa shape index (κ2) is 11.0. The molecule has 2 aromatic carbocycles. The second-order valence-electron chi connectivity index (χ2n) is 8.23. The molecule has 7 nitrogen and oxygen atoms in total. The average Bonchev–Trinajstić information content (AvgIpc) is 2.73. The minimum absolute atomic E-state index is 0.0834. The van der Waals surface area contributed by atoms with Crippen LogP contribution in [0.3, 0.4) is 0 Å².